The Morgan fingerprint density at radius 1 is 1.35 bits per heavy atom. The molecule has 2 N–H and O–H groups in total. The number of carbonyl (C=O) groups excluding carboxylic acids is 2. The van der Waals surface area contributed by atoms with Crippen molar-refractivity contribution in [1.29, 1.82) is 0 Å². The molecule has 1 unspecified atom stereocenters. The maximum atomic E-state index is 12.0. The van der Waals surface area contributed by atoms with Crippen LogP contribution >= 0.6 is 0 Å². The van der Waals surface area contributed by atoms with Crippen LogP contribution in [0.5, 0.6) is 0 Å². The summed E-state index contributed by atoms with van der Waals surface area (Å²) in [6.07, 6.45) is 2.43. The predicted molar refractivity (Wildman–Crippen MR) is 62.2 cm³/mol. The van der Waals surface area contributed by atoms with Gasteiger partial charge in [-0.15, -0.1) is 0 Å². The zero-order valence-electron chi connectivity index (χ0n) is 10.7. The van der Waals surface area contributed by atoms with E-state index in [1.807, 2.05) is 20.8 Å². The van der Waals surface area contributed by atoms with Gasteiger partial charge in [0.15, 0.2) is 0 Å². The lowest BCUT2D eigenvalue weighted by atomic mass is 10.0. The van der Waals surface area contributed by atoms with Gasteiger partial charge in [-0.05, 0) is 45.4 Å². The van der Waals surface area contributed by atoms with E-state index in [9.17, 15) is 9.59 Å². The number of amides is 2. The molecule has 17 heavy (non-hydrogen) atoms. The first-order valence-electron chi connectivity index (χ1n) is 6.01. The van der Waals surface area contributed by atoms with Crippen molar-refractivity contribution < 1.29 is 14.3 Å². The van der Waals surface area contributed by atoms with Crippen molar-refractivity contribution in [2.45, 2.75) is 51.7 Å². The van der Waals surface area contributed by atoms with E-state index >= 15 is 0 Å². The maximum absolute atomic E-state index is 12.0. The highest BCUT2D eigenvalue weighted by atomic mass is 16.6. The van der Waals surface area contributed by atoms with Crippen molar-refractivity contribution in [1.82, 2.24) is 4.90 Å². The highest BCUT2D eigenvalue weighted by Gasteiger charge is 2.55. The fraction of sp³-hybridized carbons (Fsp3) is 0.833. The van der Waals surface area contributed by atoms with Gasteiger partial charge in [-0.3, -0.25) is 9.69 Å². The number of hydrogen-bond acceptors (Lipinski definition) is 3. The van der Waals surface area contributed by atoms with E-state index < -0.39 is 23.6 Å². The van der Waals surface area contributed by atoms with Crippen LogP contribution in [0.25, 0.3) is 0 Å². The zero-order valence-corrected chi connectivity index (χ0v) is 10.7. The van der Waals surface area contributed by atoms with Gasteiger partial charge < -0.3 is 10.5 Å². The van der Waals surface area contributed by atoms with Crippen LogP contribution in [0.15, 0.2) is 0 Å². The van der Waals surface area contributed by atoms with Crippen molar-refractivity contribution in [3.8, 4) is 0 Å². The molecule has 1 aliphatic carbocycles. The van der Waals surface area contributed by atoms with Crippen LogP contribution in [0.1, 0.15) is 40.0 Å². The second-order valence-corrected chi connectivity index (χ2v) is 6.23. The summed E-state index contributed by atoms with van der Waals surface area (Å²) in [4.78, 5) is 24.9. The lowest BCUT2D eigenvalue weighted by molar-refractivity contribution is -0.122. The van der Waals surface area contributed by atoms with Crippen molar-refractivity contribution in [2.75, 3.05) is 6.54 Å². The summed E-state index contributed by atoms with van der Waals surface area (Å²) < 4.78 is 5.30. The van der Waals surface area contributed by atoms with Crippen LogP contribution in [0.4, 0.5) is 4.79 Å². The maximum Gasteiger partial charge on any atom is 0.410 e. The predicted octanol–water partition coefficient (Wildman–Crippen LogP) is 1.26. The van der Waals surface area contributed by atoms with E-state index in [0.29, 0.717) is 13.0 Å². The first kappa shape index (κ1) is 12.2. The molecule has 0 aromatic carbocycles. The van der Waals surface area contributed by atoms with Crippen LogP contribution < -0.4 is 5.73 Å². The van der Waals surface area contributed by atoms with Gasteiger partial charge in [0.1, 0.15) is 11.6 Å². The molecule has 1 aliphatic heterocycles. The minimum absolute atomic E-state index is 0.149. The Hall–Kier alpha value is -1.26. The van der Waals surface area contributed by atoms with Gasteiger partial charge >= 0.3 is 6.09 Å². The molecule has 2 aliphatic rings. The Morgan fingerprint density at radius 3 is 2.35 bits per heavy atom. The summed E-state index contributed by atoms with van der Waals surface area (Å²) in [5.41, 5.74) is 4.96. The van der Waals surface area contributed by atoms with E-state index in [-0.39, 0.29) is 5.41 Å². The Labute approximate surface area is 101 Å². The Morgan fingerprint density at radius 2 is 1.94 bits per heavy atom. The van der Waals surface area contributed by atoms with Gasteiger partial charge in [-0.25, -0.2) is 4.79 Å². The minimum atomic E-state index is -0.543. The van der Waals surface area contributed by atoms with Gasteiger partial charge in [0.05, 0.1) is 0 Å². The average Bonchev–Trinajstić information content (AvgIpc) is 2.73. The van der Waals surface area contributed by atoms with Gasteiger partial charge in [0.25, 0.3) is 0 Å². The van der Waals surface area contributed by atoms with Gasteiger partial charge in [0, 0.05) is 6.54 Å². The molecular formula is C12H20N2O3. The molecule has 1 atom stereocenters. The van der Waals surface area contributed by atoms with E-state index in [1.54, 1.807) is 0 Å². The highest BCUT2D eigenvalue weighted by molar-refractivity contribution is 5.85. The zero-order chi connectivity index (χ0) is 12.8. The molecule has 0 aromatic heterocycles. The third-order valence-corrected chi connectivity index (χ3v) is 3.42. The quantitative estimate of drug-likeness (QED) is 0.750. The molecule has 1 saturated heterocycles. The number of rotatable bonds is 1. The Balaban J connectivity index is 2.08. The van der Waals surface area contributed by atoms with Gasteiger partial charge in [0.2, 0.25) is 5.91 Å². The van der Waals surface area contributed by atoms with Crippen LogP contribution in [0.2, 0.25) is 0 Å². The van der Waals surface area contributed by atoms with Crippen molar-refractivity contribution in [2.24, 2.45) is 11.1 Å². The van der Waals surface area contributed by atoms with E-state index in [2.05, 4.69) is 0 Å². The summed E-state index contributed by atoms with van der Waals surface area (Å²) in [6, 6.07) is -0.493. The van der Waals surface area contributed by atoms with Crippen LogP contribution in [0, 0.1) is 5.41 Å². The lowest BCUT2D eigenvalue weighted by Crippen LogP contribution is -2.45. The Kier molecular flexibility index (Phi) is 2.60. The minimum Gasteiger partial charge on any atom is -0.444 e. The SMILES string of the molecule is CC(C)(C)OC(=O)N1CC2(CC2)CC1C(N)=O. The summed E-state index contributed by atoms with van der Waals surface area (Å²) in [5, 5.41) is 0. The van der Waals surface area contributed by atoms with E-state index in [0.717, 1.165) is 12.8 Å². The third kappa shape index (κ3) is 2.53. The molecule has 2 rings (SSSR count). The molecule has 2 amide bonds. The first-order valence-corrected chi connectivity index (χ1v) is 6.01. The molecular weight excluding hydrogens is 220 g/mol. The monoisotopic (exact) mass is 240 g/mol. The highest BCUT2D eigenvalue weighted by Crippen LogP contribution is 2.54. The van der Waals surface area contributed by atoms with Gasteiger partial charge in [-0.2, -0.15) is 0 Å². The largest absolute Gasteiger partial charge is 0.444 e. The molecule has 1 heterocycles. The smallest absolute Gasteiger partial charge is 0.410 e. The number of hydrogen-bond donors (Lipinski definition) is 1. The van der Waals surface area contributed by atoms with E-state index in [4.69, 9.17) is 10.5 Å². The lowest BCUT2D eigenvalue weighted by Gasteiger charge is -2.27. The molecule has 1 spiro atoms. The van der Waals surface area contributed by atoms with Crippen LogP contribution in [-0.2, 0) is 9.53 Å². The fourth-order valence-corrected chi connectivity index (χ4v) is 2.36. The first-order chi connectivity index (χ1) is 7.72. The Bertz CT molecular complexity index is 355. The second kappa shape index (κ2) is 3.62. The number of primary amides is 1. The summed E-state index contributed by atoms with van der Waals surface area (Å²) in [6.45, 7) is 6.04. The topological polar surface area (TPSA) is 72.6 Å². The molecule has 5 heteroatoms. The normalized spacial score (nSPS) is 26.1. The average molecular weight is 240 g/mol. The summed E-state index contributed by atoms with van der Waals surface area (Å²) >= 11 is 0. The number of nitrogens with zero attached hydrogens (tertiary/aromatic N) is 1. The van der Waals surface area contributed by atoms with E-state index in [1.165, 1.54) is 4.90 Å². The fourth-order valence-electron chi connectivity index (χ4n) is 2.36. The molecule has 5 nitrogen and oxygen atoms in total. The molecule has 1 saturated carbocycles. The number of carbonyl (C=O) groups is 2. The second-order valence-electron chi connectivity index (χ2n) is 6.23. The number of ether oxygens (including phenoxy) is 1. The molecule has 0 radical (unpaired) electrons. The van der Waals surface area contributed by atoms with Crippen molar-refractivity contribution >= 4 is 12.0 Å². The molecule has 0 bridgehead atoms. The standard InChI is InChI=1S/C12H20N2O3/c1-11(2,3)17-10(16)14-7-12(4-5-12)6-8(14)9(13)15/h8H,4-7H2,1-3H3,(H2,13,15). The third-order valence-electron chi connectivity index (χ3n) is 3.42. The number of likely N-dealkylation sites (tertiary alicyclic amines) is 1. The van der Waals surface area contributed by atoms with Crippen molar-refractivity contribution in [3.63, 3.8) is 0 Å². The van der Waals surface area contributed by atoms with Crippen LogP contribution in [-0.4, -0.2) is 35.1 Å². The number of nitrogens with two attached hydrogens (primary N) is 1. The van der Waals surface area contributed by atoms with Crippen molar-refractivity contribution in [3.05, 3.63) is 0 Å². The summed E-state index contributed by atoms with van der Waals surface area (Å²) in [7, 11) is 0. The van der Waals surface area contributed by atoms with Gasteiger partial charge in [-0.1, -0.05) is 0 Å². The van der Waals surface area contributed by atoms with Crippen LogP contribution in [0.3, 0.4) is 0 Å². The molecule has 96 valence electrons. The molecule has 2 fully saturated rings. The molecule has 0 aromatic rings. The summed E-state index contributed by atoms with van der Waals surface area (Å²) in [5.74, 6) is -0.431.